The predicted octanol–water partition coefficient (Wildman–Crippen LogP) is 1.98. The van der Waals surface area contributed by atoms with E-state index in [4.69, 9.17) is 10.5 Å². The number of anilines is 1. The van der Waals surface area contributed by atoms with Gasteiger partial charge in [0.05, 0.1) is 18.5 Å². The summed E-state index contributed by atoms with van der Waals surface area (Å²) in [6, 6.07) is 3.65. The third kappa shape index (κ3) is 7.20. The third-order valence-corrected chi connectivity index (χ3v) is 1.66. The molecule has 0 aliphatic carbocycles. The molecule has 0 aliphatic heterocycles. The molecule has 0 unspecified atom stereocenters. The second kappa shape index (κ2) is 7.19. The summed E-state index contributed by atoms with van der Waals surface area (Å²) in [6.45, 7) is 7.65. The number of aromatic nitrogens is 1. The van der Waals surface area contributed by atoms with Crippen molar-refractivity contribution in [2.75, 3.05) is 12.3 Å². The lowest BCUT2D eigenvalue weighted by Crippen LogP contribution is -2.24. The minimum absolute atomic E-state index is 0.445. The van der Waals surface area contributed by atoms with Gasteiger partial charge in [0.2, 0.25) is 0 Å². The van der Waals surface area contributed by atoms with Crippen LogP contribution >= 0.6 is 0 Å². The average molecular weight is 226 g/mol. The topological polar surface area (TPSA) is 68.4 Å². The first kappa shape index (κ1) is 14.9. The zero-order valence-electron chi connectivity index (χ0n) is 10.5. The highest BCUT2D eigenvalue weighted by Gasteiger charge is 2.11. The SMILES string of the molecule is CC.CC(C)(O)OCCc1ccc(N)cn1. The molecule has 0 fully saturated rings. The lowest BCUT2D eigenvalue weighted by Gasteiger charge is -2.17. The fraction of sp³-hybridized carbons (Fsp3) is 0.583. The van der Waals surface area contributed by atoms with Crippen LogP contribution in [0.15, 0.2) is 18.3 Å². The minimum atomic E-state index is -1.08. The van der Waals surface area contributed by atoms with E-state index in [9.17, 15) is 5.11 Å². The van der Waals surface area contributed by atoms with Gasteiger partial charge in [0.1, 0.15) is 0 Å². The van der Waals surface area contributed by atoms with Gasteiger partial charge in [-0.15, -0.1) is 0 Å². The van der Waals surface area contributed by atoms with E-state index >= 15 is 0 Å². The van der Waals surface area contributed by atoms with Crippen molar-refractivity contribution >= 4 is 5.69 Å². The van der Waals surface area contributed by atoms with E-state index in [0.29, 0.717) is 18.7 Å². The molecule has 0 aromatic carbocycles. The number of pyridine rings is 1. The Kier molecular flexibility index (Phi) is 6.69. The van der Waals surface area contributed by atoms with Crippen molar-refractivity contribution in [1.29, 1.82) is 0 Å². The monoisotopic (exact) mass is 226 g/mol. The molecule has 0 amide bonds. The molecule has 0 aliphatic rings. The first-order chi connectivity index (χ1) is 7.47. The zero-order valence-corrected chi connectivity index (χ0v) is 10.5. The largest absolute Gasteiger partial charge is 0.397 e. The minimum Gasteiger partial charge on any atom is -0.397 e. The van der Waals surface area contributed by atoms with E-state index < -0.39 is 5.79 Å². The summed E-state index contributed by atoms with van der Waals surface area (Å²) >= 11 is 0. The first-order valence-corrected chi connectivity index (χ1v) is 5.54. The molecule has 0 bridgehead atoms. The van der Waals surface area contributed by atoms with Gasteiger partial charge in [-0.3, -0.25) is 4.98 Å². The lowest BCUT2D eigenvalue weighted by molar-refractivity contribution is -0.175. The van der Waals surface area contributed by atoms with Gasteiger partial charge in [0, 0.05) is 12.1 Å². The van der Waals surface area contributed by atoms with E-state index in [-0.39, 0.29) is 0 Å². The molecule has 1 heterocycles. The van der Waals surface area contributed by atoms with E-state index in [1.807, 2.05) is 19.9 Å². The van der Waals surface area contributed by atoms with E-state index in [1.54, 1.807) is 26.1 Å². The van der Waals surface area contributed by atoms with Gasteiger partial charge in [-0.1, -0.05) is 13.8 Å². The van der Waals surface area contributed by atoms with Crippen LogP contribution in [-0.4, -0.2) is 22.5 Å². The normalized spacial score (nSPS) is 10.6. The molecule has 1 aromatic heterocycles. The number of nitrogens with two attached hydrogens (primary N) is 1. The summed E-state index contributed by atoms with van der Waals surface area (Å²) in [7, 11) is 0. The summed E-state index contributed by atoms with van der Waals surface area (Å²) in [5.41, 5.74) is 7.05. The standard InChI is InChI=1S/C10H16N2O2.C2H6/c1-10(2,13)14-6-5-9-4-3-8(11)7-12-9;1-2/h3-4,7,13H,5-6,11H2,1-2H3;1-2H3. The van der Waals surface area contributed by atoms with Crippen molar-refractivity contribution in [3.05, 3.63) is 24.0 Å². The Bertz CT molecular complexity index is 278. The lowest BCUT2D eigenvalue weighted by atomic mass is 10.2. The van der Waals surface area contributed by atoms with E-state index in [1.165, 1.54) is 0 Å². The Morgan fingerprint density at radius 2 is 2.00 bits per heavy atom. The van der Waals surface area contributed by atoms with Gasteiger partial charge in [0.15, 0.2) is 5.79 Å². The van der Waals surface area contributed by atoms with E-state index in [2.05, 4.69) is 4.98 Å². The van der Waals surface area contributed by atoms with Gasteiger partial charge < -0.3 is 15.6 Å². The summed E-state index contributed by atoms with van der Waals surface area (Å²) in [4.78, 5) is 4.11. The maximum atomic E-state index is 9.28. The highest BCUT2D eigenvalue weighted by atomic mass is 16.6. The molecule has 3 N–H and O–H groups in total. The third-order valence-electron chi connectivity index (χ3n) is 1.66. The summed E-state index contributed by atoms with van der Waals surface area (Å²) < 4.78 is 5.15. The smallest absolute Gasteiger partial charge is 0.159 e. The van der Waals surface area contributed by atoms with Gasteiger partial charge in [0.25, 0.3) is 0 Å². The fourth-order valence-corrected chi connectivity index (χ4v) is 0.989. The molecule has 4 heteroatoms. The van der Waals surface area contributed by atoms with Crippen molar-refractivity contribution in [1.82, 2.24) is 4.98 Å². The van der Waals surface area contributed by atoms with Crippen LogP contribution in [0.5, 0.6) is 0 Å². The summed E-state index contributed by atoms with van der Waals surface area (Å²) in [6.07, 6.45) is 2.28. The molecule has 92 valence electrons. The van der Waals surface area contributed by atoms with Crippen LogP contribution in [0.4, 0.5) is 5.69 Å². The van der Waals surface area contributed by atoms with Crippen LogP contribution in [-0.2, 0) is 11.2 Å². The van der Waals surface area contributed by atoms with Crippen molar-refractivity contribution in [3.8, 4) is 0 Å². The average Bonchev–Trinajstić information content (AvgIpc) is 2.22. The van der Waals surface area contributed by atoms with Crippen molar-refractivity contribution in [2.24, 2.45) is 0 Å². The Morgan fingerprint density at radius 1 is 1.38 bits per heavy atom. The number of hydrogen-bond acceptors (Lipinski definition) is 4. The second-order valence-electron chi connectivity index (χ2n) is 3.63. The maximum absolute atomic E-state index is 9.28. The number of nitrogens with zero attached hydrogens (tertiary/aromatic N) is 1. The van der Waals surface area contributed by atoms with Crippen LogP contribution in [0.25, 0.3) is 0 Å². The van der Waals surface area contributed by atoms with Gasteiger partial charge in [-0.05, 0) is 26.0 Å². The highest BCUT2D eigenvalue weighted by molar-refractivity contribution is 5.34. The summed E-state index contributed by atoms with van der Waals surface area (Å²) in [5, 5.41) is 9.28. The molecular weight excluding hydrogens is 204 g/mol. The quantitative estimate of drug-likeness (QED) is 0.770. The molecule has 0 atom stereocenters. The molecular formula is C12H22N2O2. The first-order valence-electron chi connectivity index (χ1n) is 5.54. The fourth-order valence-electron chi connectivity index (χ4n) is 0.989. The van der Waals surface area contributed by atoms with Crippen molar-refractivity contribution in [2.45, 2.75) is 39.9 Å². The number of hydrogen-bond donors (Lipinski definition) is 2. The Balaban J connectivity index is 0.00000106. The number of nitrogen functional groups attached to an aromatic ring is 1. The molecule has 4 nitrogen and oxygen atoms in total. The van der Waals surface area contributed by atoms with Gasteiger partial charge in [-0.2, -0.15) is 0 Å². The predicted molar refractivity (Wildman–Crippen MR) is 66.0 cm³/mol. The number of aliphatic hydroxyl groups is 1. The molecule has 0 saturated carbocycles. The van der Waals surface area contributed by atoms with Gasteiger partial charge >= 0.3 is 0 Å². The van der Waals surface area contributed by atoms with Crippen LogP contribution in [0.2, 0.25) is 0 Å². The molecule has 1 aromatic rings. The van der Waals surface area contributed by atoms with E-state index in [0.717, 1.165) is 5.69 Å². The molecule has 1 rings (SSSR count). The highest BCUT2D eigenvalue weighted by Crippen LogP contribution is 2.06. The van der Waals surface area contributed by atoms with Gasteiger partial charge in [-0.25, -0.2) is 0 Å². The molecule has 0 spiro atoms. The second-order valence-corrected chi connectivity index (χ2v) is 3.63. The number of rotatable bonds is 4. The Labute approximate surface area is 97.5 Å². The number of ether oxygens (including phenoxy) is 1. The molecule has 0 saturated heterocycles. The van der Waals surface area contributed by atoms with Crippen LogP contribution in [0.1, 0.15) is 33.4 Å². The maximum Gasteiger partial charge on any atom is 0.159 e. The van der Waals surface area contributed by atoms with Crippen molar-refractivity contribution in [3.63, 3.8) is 0 Å². The zero-order chi connectivity index (χ0) is 12.6. The van der Waals surface area contributed by atoms with Crippen molar-refractivity contribution < 1.29 is 9.84 Å². The van der Waals surface area contributed by atoms with Crippen LogP contribution < -0.4 is 5.73 Å². The Hall–Kier alpha value is -1.13. The molecule has 16 heavy (non-hydrogen) atoms. The summed E-state index contributed by atoms with van der Waals surface area (Å²) in [5.74, 6) is -1.08. The van der Waals surface area contributed by atoms with Crippen LogP contribution in [0.3, 0.4) is 0 Å². The Morgan fingerprint density at radius 3 is 2.44 bits per heavy atom. The molecule has 0 radical (unpaired) electrons. The van der Waals surface area contributed by atoms with Crippen LogP contribution in [0, 0.1) is 0 Å².